The monoisotopic (exact) mass is 1920 g/mol. The van der Waals surface area contributed by atoms with Crippen LogP contribution in [0.3, 0.4) is 0 Å². The topological polar surface area (TPSA) is 904 Å². The molecule has 10 fully saturated rings. The first kappa shape index (κ1) is 108. The molecule has 0 bridgehead atoms. The molecule has 10 saturated heterocycles. The molecule has 0 aromatic heterocycles. The quantitative estimate of drug-likeness (QED) is 0.0280. The standard InChI is InChI=1S/C73H121N5O53/c1-17-38(94)47(103)49(105)67(114-17)127-59-37(78-22(6)91)66(122-31(15-86)56(59)125-71-53(109)62(43(99)28(12-83)119-71)131-73(72(111)112)7-23(92)33(74-18(2)87)58(130-73)39(95)24(93)8-79)129-61-42(98)26(10-81)117-69(51(61)107)124-54-29(13-84)120-64(34(45(54)101)75-19(3)88)113-16-32-44(100)57(36(63(110)115-32)77-21(5)90)126-70-52(108)60(41(97)27(11-82)118-70)128-65-35(76-20(4)89)46(102)55(30(14-85)121-65)123-68-50(106)48(104)40(96)25(9-80)116-68/h17,23-71,79-86,92-110H,7-16H2,1-6H3,(H,74,87)(H,75,88)(H,76,89)(H,77,90)(H,78,91)(H,111,112)/t17-,23-,24+,25+,26+,27+,28+,29+,30+,31+,32+,33+,34+,35+,36+,37+,38+,39+,40-,41-,42-,43-,44-,45+,46+,47+,48-,49-,50+,51+,52+,53+,54+,55+,56+,57+,58+,59+,60-,61-,62-,63-,64+,65-,66-,67-,68-,69-,70-,71-,73-/m0/s1. The summed E-state index contributed by atoms with van der Waals surface area (Å²) in [7, 11) is 0. The molecule has 10 aliphatic heterocycles. The summed E-state index contributed by atoms with van der Waals surface area (Å²) < 4.78 is 113. The van der Waals surface area contributed by atoms with Crippen molar-refractivity contribution in [2.75, 3.05) is 59.5 Å². The second-order valence-electron chi connectivity index (χ2n) is 33.1. The molecule has 58 heteroatoms. The lowest BCUT2D eigenvalue weighted by molar-refractivity contribution is -0.399. The van der Waals surface area contributed by atoms with E-state index in [2.05, 4.69) is 26.6 Å². The number of aliphatic hydroxyl groups excluding tert-OH is 27. The van der Waals surface area contributed by atoms with E-state index in [0.29, 0.717) is 0 Å². The van der Waals surface area contributed by atoms with E-state index >= 15 is 0 Å². The summed E-state index contributed by atoms with van der Waals surface area (Å²) in [4.78, 5) is 77.8. The number of aliphatic carboxylic acids is 1. The molecule has 0 spiro atoms. The number of aliphatic hydroxyl groups is 27. The van der Waals surface area contributed by atoms with Gasteiger partial charge >= 0.3 is 5.97 Å². The molecule has 0 radical (unpaired) electrons. The van der Waals surface area contributed by atoms with Crippen molar-refractivity contribution < 1.29 is 262 Å². The Morgan fingerprint density at radius 1 is 0.328 bits per heavy atom. The molecule has 0 aliphatic carbocycles. The van der Waals surface area contributed by atoms with Crippen molar-refractivity contribution >= 4 is 35.5 Å². The maximum atomic E-state index is 13.6. The van der Waals surface area contributed by atoms with Gasteiger partial charge in [-0.3, -0.25) is 24.0 Å². The SMILES string of the molecule is CC(=O)N[C@@H]1[C@@H](O[C@@H]2O[C@H](CO)[C@H](O)[C@H](O[C@@H]3O[C@H](CO)[C@@H](O[C@@H]4O[C@H](CO)[C@H](O)[C@H](O)[C@H]4O)[C@H](O)[C@H]3NC(C)=O)[C@H]2O)[C@@H](O)[C@@H](CO[C@@H]2O[C@H](CO)[C@@H](O[C@@H]3O[C@H](CO)[C@H](O)[C@H](O[C@@H]4O[C@H](CO)[C@@H](O[C@@H]5O[C@H](CO)[C@H](O)[C@H](O[C@]6(C(=O)O)C[C@H](O)[C@@H](NC(C)=O)[C@H]([C@H](O)[C@H](O)CO)O6)[C@H]5O)[C@H](O[C@@H]5O[C@@H](C)[C@@H](O)[C@@H](O)[C@@H]5O)[C@H]4NC(C)=O)[C@H]3O)[C@H](O)[C@H]2NC(C)=O)O[C@@H]1O. The summed E-state index contributed by atoms with van der Waals surface area (Å²) in [6, 6.07) is -9.51. The number of nitrogens with one attached hydrogen (secondary N) is 5. The van der Waals surface area contributed by atoms with Crippen LogP contribution in [0.15, 0.2) is 0 Å². The second kappa shape index (κ2) is 46.6. The Morgan fingerprint density at radius 3 is 1.11 bits per heavy atom. The van der Waals surface area contributed by atoms with E-state index in [1.54, 1.807) is 0 Å². The van der Waals surface area contributed by atoms with Gasteiger partial charge in [0.05, 0.1) is 77.7 Å². The maximum Gasteiger partial charge on any atom is 0.364 e. The number of carbonyl (C=O) groups excluding carboxylic acids is 5. The van der Waals surface area contributed by atoms with Gasteiger partial charge in [0, 0.05) is 41.0 Å². The van der Waals surface area contributed by atoms with Gasteiger partial charge in [-0.25, -0.2) is 4.79 Å². The van der Waals surface area contributed by atoms with Gasteiger partial charge < -0.3 is 260 Å². The van der Waals surface area contributed by atoms with E-state index in [0.717, 1.165) is 34.6 Å². The minimum absolute atomic E-state index is 0.881. The summed E-state index contributed by atoms with van der Waals surface area (Å²) >= 11 is 0. The molecule has 756 valence electrons. The van der Waals surface area contributed by atoms with E-state index in [-0.39, 0.29) is 0 Å². The summed E-state index contributed by atoms with van der Waals surface area (Å²) in [5.41, 5.74) is 0. The Labute approximate surface area is 741 Å². The molecule has 10 heterocycles. The van der Waals surface area contributed by atoms with Crippen LogP contribution in [0.5, 0.6) is 0 Å². The average Bonchev–Trinajstić information content (AvgIpc) is 0.779. The molecule has 0 unspecified atom stereocenters. The molecule has 5 amide bonds. The van der Waals surface area contributed by atoms with Gasteiger partial charge in [-0.1, -0.05) is 0 Å². The molecule has 0 aromatic rings. The molecule has 10 rings (SSSR count). The Bertz CT molecular complexity index is 3660. The van der Waals surface area contributed by atoms with Crippen LogP contribution in [0.2, 0.25) is 0 Å². The number of carboxylic acid groups (broad SMARTS) is 1. The lowest BCUT2D eigenvalue weighted by Gasteiger charge is -2.52. The van der Waals surface area contributed by atoms with Crippen LogP contribution < -0.4 is 26.6 Å². The number of ether oxygens (including phenoxy) is 19. The summed E-state index contributed by atoms with van der Waals surface area (Å²) in [5, 5.41) is 324. The zero-order valence-electron chi connectivity index (χ0n) is 70.7. The molecular weight excluding hydrogens is 1790 g/mol. The van der Waals surface area contributed by atoms with E-state index < -0.39 is 414 Å². The Hall–Kier alpha value is -5.02. The van der Waals surface area contributed by atoms with Crippen molar-refractivity contribution in [3.8, 4) is 0 Å². The molecular formula is C73H121N5O53. The Morgan fingerprint density at radius 2 is 0.664 bits per heavy atom. The first-order valence-corrected chi connectivity index (χ1v) is 41.6. The third-order valence-corrected chi connectivity index (χ3v) is 23.8. The Kier molecular flexibility index (Phi) is 38.4. The maximum absolute atomic E-state index is 13.6. The highest BCUT2D eigenvalue weighted by atomic mass is 16.8. The highest BCUT2D eigenvalue weighted by Crippen LogP contribution is 2.43. The highest BCUT2D eigenvalue weighted by Gasteiger charge is 2.64. The van der Waals surface area contributed by atoms with E-state index in [1.807, 2.05) is 0 Å². The van der Waals surface area contributed by atoms with Gasteiger partial charge in [0.25, 0.3) is 5.79 Å². The smallest absolute Gasteiger partial charge is 0.364 e. The predicted octanol–water partition coefficient (Wildman–Crippen LogP) is -21.9. The summed E-state index contributed by atoms with van der Waals surface area (Å²) in [6.45, 7) is -4.50. The lowest BCUT2D eigenvalue weighted by atomic mass is 9.88. The van der Waals surface area contributed by atoms with E-state index in [9.17, 15) is 172 Å². The zero-order chi connectivity index (χ0) is 96.9. The third kappa shape index (κ3) is 23.9. The number of carbonyl (C=O) groups is 6. The normalized spacial score (nSPS) is 47.5. The first-order valence-electron chi connectivity index (χ1n) is 41.6. The minimum Gasteiger partial charge on any atom is -0.477 e. The fourth-order valence-electron chi connectivity index (χ4n) is 17.0. The van der Waals surface area contributed by atoms with Crippen LogP contribution in [0.25, 0.3) is 0 Å². The van der Waals surface area contributed by atoms with Crippen LogP contribution in [-0.2, 0) is 119 Å². The van der Waals surface area contributed by atoms with Gasteiger partial charge in [-0.15, -0.1) is 0 Å². The number of amides is 5. The van der Waals surface area contributed by atoms with Gasteiger partial charge in [0.1, 0.15) is 232 Å². The van der Waals surface area contributed by atoms with Crippen molar-refractivity contribution in [2.45, 2.75) is 360 Å². The summed E-state index contributed by atoms with van der Waals surface area (Å²) in [6.07, 6.45) is -96.6. The van der Waals surface area contributed by atoms with Gasteiger partial charge in [0.2, 0.25) is 29.5 Å². The fraction of sp³-hybridized carbons (Fsp3) is 0.918. The summed E-state index contributed by atoms with van der Waals surface area (Å²) in [5.74, 6) is -10.2. The second-order valence-corrected chi connectivity index (χ2v) is 33.1. The average molecular weight is 1920 g/mol. The molecule has 58 nitrogen and oxygen atoms in total. The number of hydrogen-bond donors (Lipinski definition) is 33. The van der Waals surface area contributed by atoms with Gasteiger partial charge in [-0.05, 0) is 6.92 Å². The minimum atomic E-state index is -3.34. The van der Waals surface area contributed by atoms with E-state index in [1.165, 1.54) is 6.92 Å². The van der Waals surface area contributed by atoms with Crippen molar-refractivity contribution in [3.05, 3.63) is 0 Å². The van der Waals surface area contributed by atoms with Crippen LogP contribution in [0, 0.1) is 0 Å². The Balaban J connectivity index is 0.877. The third-order valence-electron chi connectivity index (χ3n) is 23.8. The first-order chi connectivity index (χ1) is 61.8. The van der Waals surface area contributed by atoms with Crippen LogP contribution in [0.4, 0.5) is 0 Å². The lowest BCUT2D eigenvalue weighted by Crippen LogP contribution is -2.72. The molecule has 10 aliphatic rings. The van der Waals surface area contributed by atoms with Crippen molar-refractivity contribution in [1.82, 2.24) is 26.6 Å². The molecule has 0 saturated carbocycles. The van der Waals surface area contributed by atoms with Gasteiger partial charge in [0.15, 0.2) is 56.6 Å². The van der Waals surface area contributed by atoms with Crippen LogP contribution in [0.1, 0.15) is 48.0 Å². The van der Waals surface area contributed by atoms with Gasteiger partial charge in [-0.2, -0.15) is 0 Å². The number of carboxylic acids is 1. The number of rotatable bonds is 35. The fourth-order valence-corrected chi connectivity index (χ4v) is 17.0. The van der Waals surface area contributed by atoms with Crippen molar-refractivity contribution in [2.24, 2.45) is 0 Å². The highest BCUT2D eigenvalue weighted by molar-refractivity contribution is 5.77. The molecule has 33 N–H and O–H groups in total. The zero-order valence-corrected chi connectivity index (χ0v) is 70.7. The van der Waals surface area contributed by atoms with Crippen molar-refractivity contribution in [1.29, 1.82) is 0 Å². The van der Waals surface area contributed by atoms with E-state index in [4.69, 9.17) is 90.0 Å². The number of hydrogen-bond acceptors (Lipinski definition) is 52. The van der Waals surface area contributed by atoms with Crippen molar-refractivity contribution in [3.63, 3.8) is 0 Å². The molecule has 0 aromatic carbocycles. The molecule has 131 heavy (non-hydrogen) atoms. The van der Waals surface area contributed by atoms with Crippen LogP contribution >= 0.6 is 0 Å². The largest absolute Gasteiger partial charge is 0.477 e. The predicted molar refractivity (Wildman–Crippen MR) is 403 cm³/mol. The molecule has 51 atom stereocenters. The van der Waals surface area contributed by atoms with Crippen LogP contribution in [-0.4, -0.2) is 550 Å².